The van der Waals surface area contributed by atoms with E-state index in [0.717, 1.165) is 24.8 Å². The van der Waals surface area contributed by atoms with Crippen LogP contribution < -0.4 is 10.3 Å². The Morgan fingerprint density at radius 1 is 1.50 bits per heavy atom. The van der Waals surface area contributed by atoms with Gasteiger partial charge in [-0.2, -0.15) is 5.26 Å². The average molecular weight is 393 g/mol. The molecule has 28 heavy (non-hydrogen) atoms. The van der Waals surface area contributed by atoms with Crippen molar-refractivity contribution < 1.29 is 9.84 Å². The van der Waals surface area contributed by atoms with Crippen LogP contribution in [0.1, 0.15) is 35.2 Å². The van der Waals surface area contributed by atoms with E-state index in [1.54, 1.807) is 29.5 Å². The molecule has 142 valence electrons. The van der Waals surface area contributed by atoms with Gasteiger partial charge in [-0.3, -0.25) is 4.79 Å². The van der Waals surface area contributed by atoms with Gasteiger partial charge < -0.3 is 14.8 Å². The fourth-order valence-corrected chi connectivity index (χ4v) is 4.98. The van der Waals surface area contributed by atoms with E-state index in [4.69, 9.17) is 4.74 Å². The van der Waals surface area contributed by atoms with Gasteiger partial charge in [-0.05, 0) is 54.5 Å². The van der Waals surface area contributed by atoms with Crippen LogP contribution in [0.15, 0.2) is 23.0 Å². The van der Waals surface area contributed by atoms with Crippen molar-refractivity contribution >= 4 is 33.2 Å². The minimum Gasteiger partial charge on any atom is -0.504 e. The summed E-state index contributed by atoms with van der Waals surface area (Å²) in [6.07, 6.45) is 4.52. The Bertz CT molecular complexity index is 1200. The summed E-state index contributed by atoms with van der Waals surface area (Å²) in [5.74, 6) is 1.17. The Hall–Kier alpha value is -3.11. The number of nitrogens with zero attached hydrogens (tertiary/aromatic N) is 2. The van der Waals surface area contributed by atoms with Crippen molar-refractivity contribution in [1.82, 2.24) is 9.97 Å². The van der Waals surface area contributed by atoms with E-state index in [1.165, 1.54) is 18.1 Å². The topological polar surface area (TPSA) is 99.0 Å². The highest BCUT2D eigenvalue weighted by Crippen LogP contribution is 2.36. The monoisotopic (exact) mass is 393 g/mol. The van der Waals surface area contributed by atoms with Gasteiger partial charge in [0, 0.05) is 4.88 Å². The molecule has 3 aromatic rings. The number of nitriles is 1. The normalized spacial score (nSPS) is 16.6. The van der Waals surface area contributed by atoms with Crippen molar-refractivity contribution in [3.8, 4) is 17.6 Å². The highest BCUT2D eigenvalue weighted by atomic mass is 32.1. The van der Waals surface area contributed by atoms with Gasteiger partial charge in [0.25, 0.3) is 5.56 Å². The molecule has 2 heterocycles. The lowest BCUT2D eigenvalue weighted by atomic mass is 9.89. The van der Waals surface area contributed by atoms with Gasteiger partial charge >= 0.3 is 0 Å². The van der Waals surface area contributed by atoms with E-state index < -0.39 is 0 Å². The van der Waals surface area contributed by atoms with Gasteiger partial charge in [-0.25, -0.2) is 4.98 Å². The van der Waals surface area contributed by atoms with Gasteiger partial charge in [0.1, 0.15) is 10.9 Å². The van der Waals surface area contributed by atoms with Crippen molar-refractivity contribution in [3.63, 3.8) is 0 Å². The molecule has 2 aromatic heterocycles. The summed E-state index contributed by atoms with van der Waals surface area (Å²) >= 11 is 1.55. The molecule has 6 nitrogen and oxygen atoms in total. The number of aromatic amines is 1. The molecule has 0 fully saturated rings. The number of hydrogen-bond acceptors (Lipinski definition) is 6. The summed E-state index contributed by atoms with van der Waals surface area (Å²) in [4.78, 5) is 22.0. The van der Waals surface area contributed by atoms with Gasteiger partial charge in [0.05, 0.1) is 18.1 Å². The molecule has 0 spiro atoms. The number of aromatic hydroxyl groups is 1. The standard InChI is InChI=1S/C21H19N3O3S/c1-11-3-5-14-17(7-11)28-21-18(14)20(26)23-19(24-21)13(10-22)8-12-4-6-16(27-2)15(25)9-12/h4,6,8-9,11,25H,3,5,7H2,1-2H3,(H,23,24,26)/b13-8+/t11-/m0/s1. The zero-order chi connectivity index (χ0) is 19.8. The summed E-state index contributed by atoms with van der Waals surface area (Å²) in [6.45, 7) is 2.22. The molecule has 7 heteroatoms. The third kappa shape index (κ3) is 3.16. The Labute approximate surface area is 165 Å². The van der Waals surface area contributed by atoms with E-state index in [1.807, 2.05) is 0 Å². The number of aryl methyl sites for hydroxylation is 1. The summed E-state index contributed by atoms with van der Waals surface area (Å²) in [7, 11) is 1.47. The quantitative estimate of drug-likeness (QED) is 0.658. The number of nitrogens with one attached hydrogen (secondary N) is 1. The zero-order valence-corrected chi connectivity index (χ0v) is 16.4. The van der Waals surface area contributed by atoms with Crippen molar-refractivity contribution in [2.45, 2.75) is 26.2 Å². The SMILES string of the molecule is COc1ccc(/C=C(\C#N)c2nc3sc4c(c3c(=O)[nH]2)CC[C@H](C)C4)cc1O. The third-order valence-electron chi connectivity index (χ3n) is 5.05. The maximum Gasteiger partial charge on any atom is 0.260 e. The minimum absolute atomic E-state index is 0.0227. The summed E-state index contributed by atoms with van der Waals surface area (Å²) in [5, 5.41) is 20.2. The summed E-state index contributed by atoms with van der Waals surface area (Å²) < 4.78 is 5.03. The number of hydrogen-bond donors (Lipinski definition) is 2. The number of H-pyrrole nitrogens is 1. The fraction of sp³-hybridized carbons (Fsp3) is 0.286. The second-order valence-electron chi connectivity index (χ2n) is 7.05. The van der Waals surface area contributed by atoms with Crippen LogP contribution in [0.2, 0.25) is 0 Å². The highest BCUT2D eigenvalue weighted by Gasteiger charge is 2.23. The number of thiophene rings is 1. The van der Waals surface area contributed by atoms with Crippen LogP contribution in [0, 0.1) is 17.2 Å². The van der Waals surface area contributed by atoms with Crippen LogP contribution in [-0.4, -0.2) is 22.2 Å². The molecule has 0 saturated heterocycles. The van der Waals surface area contributed by atoms with Crippen LogP contribution >= 0.6 is 11.3 Å². The van der Waals surface area contributed by atoms with E-state index in [2.05, 4.69) is 23.0 Å². The number of phenols is 1. The maximum absolute atomic E-state index is 12.7. The molecule has 1 atom stereocenters. The molecule has 1 aromatic carbocycles. The van der Waals surface area contributed by atoms with Crippen LogP contribution in [0.5, 0.6) is 11.5 Å². The van der Waals surface area contributed by atoms with E-state index >= 15 is 0 Å². The van der Waals surface area contributed by atoms with E-state index in [9.17, 15) is 15.2 Å². The van der Waals surface area contributed by atoms with Crippen LogP contribution in [0.3, 0.4) is 0 Å². The number of benzene rings is 1. The number of allylic oxidation sites excluding steroid dienone is 1. The van der Waals surface area contributed by atoms with Crippen molar-refractivity contribution in [2.75, 3.05) is 7.11 Å². The number of fused-ring (bicyclic) bond motifs is 3. The first-order valence-electron chi connectivity index (χ1n) is 9.04. The maximum atomic E-state index is 12.7. The molecule has 0 bridgehead atoms. The first kappa shape index (κ1) is 18.3. The second kappa shape index (κ2) is 7.13. The largest absolute Gasteiger partial charge is 0.504 e. The Kier molecular flexibility index (Phi) is 4.65. The lowest BCUT2D eigenvalue weighted by molar-refractivity contribution is 0.373. The van der Waals surface area contributed by atoms with Crippen molar-refractivity contribution in [3.05, 3.63) is 50.4 Å². The molecule has 0 aliphatic heterocycles. The van der Waals surface area contributed by atoms with Gasteiger partial charge in [-0.15, -0.1) is 11.3 Å². The number of methoxy groups -OCH3 is 1. The van der Waals surface area contributed by atoms with E-state index in [-0.39, 0.29) is 22.7 Å². The lowest BCUT2D eigenvalue weighted by Crippen LogP contribution is -2.14. The van der Waals surface area contributed by atoms with Crippen molar-refractivity contribution in [2.24, 2.45) is 5.92 Å². The molecular weight excluding hydrogens is 374 g/mol. The van der Waals surface area contributed by atoms with Crippen molar-refractivity contribution in [1.29, 1.82) is 5.26 Å². The number of ether oxygens (including phenoxy) is 1. The Balaban J connectivity index is 1.80. The summed E-state index contributed by atoms with van der Waals surface area (Å²) in [5.41, 5.74) is 1.74. The molecular formula is C21H19N3O3S. The average Bonchev–Trinajstić information content (AvgIpc) is 3.03. The number of rotatable bonds is 3. The molecule has 0 amide bonds. The van der Waals surface area contributed by atoms with Crippen LogP contribution in [0.25, 0.3) is 21.9 Å². The fourth-order valence-electron chi connectivity index (χ4n) is 3.59. The molecule has 1 aliphatic rings. The molecule has 0 saturated carbocycles. The Morgan fingerprint density at radius 3 is 3.04 bits per heavy atom. The number of phenolic OH excluding ortho intramolecular Hbond substituents is 1. The first-order chi connectivity index (χ1) is 13.5. The molecule has 1 aliphatic carbocycles. The van der Waals surface area contributed by atoms with Gasteiger partial charge in [-0.1, -0.05) is 13.0 Å². The number of aromatic nitrogens is 2. The highest BCUT2D eigenvalue weighted by molar-refractivity contribution is 7.18. The smallest absolute Gasteiger partial charge is 0.260 e. The predicted octanol–water partition coefficient (Wildman–Crippen LogP) is 3.89. The van der Waals surface area contributed by atoms with Gasteiger partial charge in [0.2, 0.25) is 0 Å². The van der Waals surface area contributed by atoms with Crippen LogP contribution in [-0.2, 0) is 12.8 Å². The van der Waals surface area contributed by atoms with E-state index in [0.29, 0.717) is 27.4 Å². The second-order valence-corrected chi connectivity index (χ2v) is 8.13. The molecule has 2 N–H and O–H groups in total. The third-order valence-corrected chi connectivity index (χ3v) is 6.20. The molecule has 0 unspecified atom stereocenters. The van der Waals surface area contributed by atoms with Gasteiger partial charge in [0.15, 0.2) is 17.3 Å². The zero-order valence-electron chi connectivity index (χ0n) is 15.6. The van der Waals surface area contributed by atoms with Crippen LogP contribution in [0.4, 0.5) is 0 Å². The Morgan fingerprint density at radius 2 is 2.32 bits per heavy atom. The minimum atomic E-state index is -0.203. The lowest BCUT2D eigenvalue weighted by Gasteiger charge is -2.17. The predicted molar refractivity (Wildman–Crippen MR) is 110 cm³/mol. The summed E-state index contributed by atoms with van der Waals surface area (Å²) in [6, 6.07) is 6.93. The molecule has 4 rings (SSSR count). The first-order valence-corrected chi connectivity index (χ1v) is 9.85. The molecule has 0 radical (unpaired) electrons.